The van der Waals surface area contributed by atoms with Crippen LogP contribution in [0, 0.1) is 5.82 Å². The van der Waals surface area contributed by atoms with Gasteiger partial charge in [-0.2, -0.15) is 0 Å². The van der Waals surface area contributed by atoms with E-state index in [4.69, 9.17) is 4.74 Å². The molecule has 0 saturated carbocycles. The molecule has 0 unspecified atom stereocenters. The van der Waals surface area contributed by atoms with Crippen LogP contribution in [-0.4, -0.2) is 11.9 Å². The lowest BCUT2D eigenvalue weighted by Crippen LogP contribution is -2.13. The van der Waals surface area contributed by atoms with Gasteiger partial charge >= 0.3 is 5.97 Å². The normalized spacial score (nSPS) is 9.90. The van der Waals surface area contributed by atoms with Gasteiger partial charge in [-0.25, -0.2) is 4.39 Å². The van der Waals surface area contributed by atoms with Crippen molar-refractivity contribution in [2.45, 2.75) is 6.92 Å². The molecule has 0 heterocycles. The summed E-state index contributed by atoms with van der Waals surface area (Å²) in [4.78, 5) is 22.8. The highest BCUT2D eigenvalue weighted by Crippen LogP contribution is 2.17. The van der Waals surface area contributed by atoms with Crippen molar-refractivity contribution in [1.82, 2.24) is 0 Å². The zero-order valence-electron chi connectivity index (χ0n) is 10.7. The Morgan fingerprint density at radius 2 is 1.85 bits per heavy atom. The van der Waals surface area contributed by atoms with Crippen molar-refractivity contribution >= 4 is 17.6 Å². The molecule has 0 saturated heterocycles. The third-order valence-corrected chi connectivity index (χ3v) is 2.48. The first kappa shape index (κ1) is 13.7. The molecule has 5 heteroatoms. The summed E-state index contributed by atoms with van der Waals surface area (Å²) in [6, 6.07) is 12.0. The number of halogens is 1. The summed E-state index contributed by atoms with van der Waals surface area (Å²) in [6.07, 6.45) is 0. The van der Waals surface area contributed by atoms with E-state index in [2.05, 4.69) is 5.32 Å². The van der Waals surface area contributed by atoms with Gasteiger partial charge in [-0.1, -0.05) is 18.2 Å². The molecule has 2 aromatic rings. The summed E-state index contributed by atoms with van der Waals surface area (Å²) >= 11 is 0. The van der Waals surface area contributed by atoms with E-state index >= 15 is 0 Å². The summed E-state index contributed by atoms with van der Waals surface area (Å²) in [7, 11) is 0. The van der Waals surface area contributed by atoms with Gasteiger partial charge in [0, 0.05) is 12.5 Å². The summed E-state index contributed by atoms with van der Waals surface area (Å²) < 4.78 is 18.3. The van der Waals surface area contributed by atoms with E-state index in [0.29, 0.717) is 0 Å². The molecule has 0 bridgehead atoms. The van der Waals surface area contributed by atoms with Gasteiger partial charge in [0.05, 0.1) is 5.69 Å². The zero-order valence-corrected chi connectivity index (χ0v) is 10.7. The Bertz CT molecular complexity index is 655. The molecule has 1 amide bonds. The molecular weight excluding hydrogens is 261 g/mol. The van der Waals surface area contributed by atoms with Crippen LogP contribution in [0.25, 0.3) is 0 Å². The summed E-state index contributed by atoms with van der Waals surface area (Å²) in [5.41, 5.74) is 0.363. The average Bonchev–Trinajstić information content (AvgIpc) is 2.41. The van der Waals surface area contributed by atoms with E-state index in [9.17, 15) is 14.0 Å². The minimum absolute atomic E-state index is 0.0930. The summed E-state index contributed by atoms with van der Waals surface area (Å²) in [6.45, 7) is 1.27. The molecule has 0 aliphatic carbocycles. The molecule has 0 aliphatic rings. The second kappa shape index (κ2) is 5.97. The Hall–Kier alpha value is -2.69. The van der Waals surface area contributed by atoms with Crippen LogP contribution in [0.15, 0.2) is 48.5 Å². The summed E-state index contributed by atoms with van der Waals surface area (Å²) in [5, 5.41) is 2.45. The number of carbonyl (C=O) groups is 2. The molecule has 0 aromatic heterocycles. The van der Waals surface area contributed by atoms with Crippen molar-refractivity contribution in [3.63, 3.8) is 0 Å². The number of amides is 1. The van der Waals surface area contributed by atoms with Crippen LogP contribution in [0.3, 0.4) is 0 Å². The molecule has 0 fully saturated rings. The molecule has 0 atom stereocenters. The van der Waals surface area contributed by atoms with Crippen molar-refractivity contribution < 1.29 is 18.7 Å². The van der Waals surface area contributed by atoms with Crippen LogP contribution < -0.4 is 10.1 Å². The molecule has 0 aliphatic heterocycles. The molecule has 20 heavy (non-hydrogen) atoms. The molecule has 4 nitrogen and oxygen atoms in total. The standard InChI is InChI=1S/C15H12FNO3/c1-10(18)20-12-6-4-5-11(9-12)15(19)17-14-8-3-2-7-13(14)16/h2-9H,1H3,(H,17,19). The maximum Gasteiger partial charge on any atom is 0.308 e. The SMILES string of the molecule is CC(=O)Oc1cccc(C(=O)Nc2ccccc2F)c1. The van der Waals surface area contributed by atoms with Crippen molar-refractivity contribution in [2.75, 3.05) is 5.32 Å². The fourth-order valence-corrected chi connectivity index (χ4v) is 1.62. The number of carbonyl (C=O) groups excluding carboxylic acids is 2. The fourth-order valence-electron chi connectivity index (χ4n) is 1.62. The van der Waals surface area contributed by atoms with E-state index in [-0.39, 0.29) is 17.0 Å². The smallest absolute Gasteiger partial charge is 0.308 e. The first-order chi connectivity index (χ1) is 9.56. The van der Waals surface area contributed by atoms with Gasteiger partial charge in [-0.15, -0.1) is 0 Å². The first-order valence-electron chi connectivity index (χ1n) is 5.90. The molecule has 102 valence electrons. The Labute approximate surface area is 115 Å². The lowest BCUT2D eigenvalue weighted by Gasteiger charge is -2.07. The second-order valence-electron chi connectivity index (χ2n) is 4.06. The molecule has 0 radical (unpaired) electrons. The molecule has 2 rings (SSSR count). The third kappa shape index (κ3) is 3.41. The number of esters is 1. The van der Waals surface area contributed by atoms with Crippen molar-refractivity contribution in [3.05, 3.63) is 59.9 Å². The Balaban J connectivity index is 2.17. The van der Waals surface area contributed by atoms with Gasteiger partial charge in [0.1, 0.15) is 11.6 Å². The van der Waals surface area contributed by atoms with Crippen LogP contribution >= 0.6 is 0 Å². The molecular formula is C15H12FNO3. The second-order valence-corrected chi connectivity index (χ2v) is 4.06. The zero-order chi connectivity index (χ0) is 14.5. The van der Waals surface area contributed by atoms with Gasteiger partial charge in [-0.05, 0) is 30.3 Å². The largest absolute Gasteiger partial charge is 0.427 e. The minimum atomic E-state index is -0.517. The van der Waals surface area contributed by atoms with Gasteiger partial charge < -0.3 is 10.1 Å². The van der Waals surface area contributed by atoms with Gasteiger partial charge in [0.2, 0.25) is 0 Å². The fraction of sp³-hybridized carbons (Fsp3) is 0.0667. The van der Waals surface area contributed by atoms with Gasteiger partial charge in [-0.3, -0.25) is 9.59 Å². The molecule has 0 spiro atoms. The predicted molar refractivity (Wildman–Crippen MR) is 72.1 cm³/mol. The number of para-hydroxylation sites is 1. The number of hydrogen-bond acceptors (Lipinski definition) is 3. The Kier molecular flexibility index (Phi) is 4.10. The molecule has 1 N–H and O–H groups in total. The summed E-state index contributed by atoms with van der Waals surface area (Å²) in [5.74, 6) is -1.21. The van der Waals surface area contributed by atoms with E-state index in [0.717, 1.165) is 0 Å². The number of anilines is 1. The topological polar surface area (TPSA) is 55.4 Å². The van der Waals surface area contributed by atoms with Gasteiger partial charge in [0.25, 0.3) is 5.91 Å². The van der Waals surface area contributed by atoms with Crippen molar-refractivity contribution in [2.24, 2.45) is 0 Å². The van der Waals surface area contributed by atoms with E-state index in [1.165, 1.54) is 31.2 Å². The monoisotopic (exact) mass is 273 g/mol. The third-order valence-electron chi connectivity index (χ3n) is 2.48. The van der Waals surface area contributed by atoms with Crippen LogP contribution in [-0.2, 0) is 4.79 Å². The quantitative estimate of drug-likeness (QED) is 0.691. The first-order valence-corrected chi connectivity index (χ1v) is 5.90. The lowest BCUT2D eigenvalue weighted by molar-refractivity contribution is -0.131. The Morgan fingerprint density at radius 3 is 2.55 bits per heavy atom. The number of ether oxygens (including phenoxy) is 1. The maximum absolute atomic E-state index is 13.4. The van der Waals surface area contributed by atoms with Crippen LogP contribution in [0.4, 0.5) is 10.1 Å². The average molecular weight is 273 g/mol. The number of hydrogen-bond donors (Lipinski definition) is 1. The highest BCUT2D eigenvalue weighted by atomic mass is 19.1. The van der Waals surface area contributed by atoms with E-state index in [1.807, 2.05) is 0 Å². The Morgan fingerprint density at radius 1 is 1.10 bits per heavy atom. The van der Waals surface area contributed by atoms with E-state index in [1.54, 1.807) is 24.3 Å². The number of nitrogens with one attached hydrogen (secondary N) is 1. The van der Waals surface area contributed by atoms with Gasteiger partial charge in [0.15, 0.2) is 0 Å². The van der Waals surface area contributed by atoms with E-state index < -0.39 is 17.7 Å². The maximum atomic E-state index is 13.4. The van der Waals surface area contributed by atoms with Crippen LogP contribution in [0.1, 0.15) is 17.3 Å². The number of benzene rings is 2. The lowest BCUT2D eigenvalue weighted by atomic mass is 10.2. The molecule has 2 aromatic carbocycles. The van der Waals surface area contributed by atoms with Crippen LogP contribution in [0.5, 0.6) is 5.75 Å². The van der Waals surface area contributed by atoms with Crippen molar-refractivity contribution in [1.29, 1.82) is 0 Å². The highest BCUT2D eigenvalue weighted by molar-refractivity contribution is 6.04. The van der Waals surface area contributed by atoms with Crippen LogP contribution in [0.2, 0.25) is 0 Å². The predicted octanol–water partition coefficient (Wildman–Crippen LogP) is 3.00. The number of rotatable bonds is 3. The van der Waals surface area contributed by atoms with Crippen molar-refractivity contribution in [3.8, 4) is 5.75 Å². The highest BCUT2D eigenvalue weighted by Gasteiger charge is 2.10. The minimum Gasteiger partial charge on any atom is -0.427 e.